The molecule has 1 aliphatic rings. The zero-order valence-corrected chi connectivity index (χ0v) is 7.86. The fourth-order valence-corrected chi connectivity index (χ4v) is 1.49. The predicted molar refractivity (Wildman–Crippen MR) is 45.8 cm³/mol. The van der Waals surface area contributed by atoms with E-state index in [1.54, 1.807) is 11.9 Å². The van der Waals surface area contributed by atoms with Crippen molar-refractivity contribution in [3.63, 3.8) is 0 Å². The van der Waals surface area contributed by atoms with Crippen molar-refractivity contribution in [3.05, 3.63) is 0 Å². The lowest BCUT2D eigenvalue weighted by atomic mass is 10.3. The van der Waals surface area contributed by atoms with E-state index in [4.69, 9.17) is 5.11 Å². The second-order valence-electron chi connectivity index (χ2n) is 3.04. The Morgan fingerprint density at radius 1 is 1.69 bits per heavy atom. The Balaban J connectivity index is 2.70. The first-order chi connectivity index (χ1) is 6.07. The number of hydrogen-bond acceptors (Lipinski definition) is 3. The van der Waals surface area contributed by atoms with Crippen LogP contribution in [0.5, 0.6) is 0 Å². The van der Waals surface area contributed by atoms with E-state index in [1.807, 2.05) is 6.92 Å². The normalized spacial score (nSPS) is 20.8. The molecule has 13 heavy (non-hydrogen) atoms. The number of amides is 1. The number of rotatable bonds is 3. The summed E-state index contributed by atoms with van der Waals surface area (Å²) in [5.74, 6) is -0.885. The number of carboxylic acids is 1. The highest BCUT2D eigenvalue weighted by Gasteiger charge is 2.33. The van der Waals surface area contributed by atoms with E-state index in [1.165, 1.54) is 5.01 Å². The molecule has 1 unspecified atom stereocenters. The molecule has 5 heteroatoms. The molecule has 1 aliphatic heterocycles. The second kappa shape index (κ2) is 3.74. The van der Waals surface area contributed by atoms with Gasteiger partial charge in [-0.05, 0) is 13.8 Å². The molecule has 1 rings (SSSR count). The zero-order valence-electron chi connectivity index (χ0n) is 7.86. The van der Waals surface area contributed by atoms with E-state index in [0.717, 1.165) is 0 Å². The van der Waals surface area contributed by atoms with E-state index < -0.39 is 12.0 Å². The molecule has 5 nitrogen and oxygen atoms in total. The maximum Gasteiger partial charge on any atom is 0.322 e. The number of aliphatic carboxylic acids is 1. The molecule has 1 amide bonds. The lowest BCUT2D eigenvalue weighted by Gasteiger charge is -2.29. The third-order valence-corrected chi connectivity index (χ3v) is 2.26. The van der Waals surface area contributed by atoms with E-state index >= 15 is 0 Å². The summed E-state index contributed by atoms with van der Waals surface area (Å²) in [6.45, 7) is 4.48. The highest BCUT2D eigenvalue weighted by Crippen LogP contribution is 2.14. The molecule has 1 fully saturated rings. The molecule has 0 aromatic carbocycles. The molecule has 0 spiro atoms. The van der Waals surface area contributed by atoms with Gasteiger partial charge in [0.2, 0.25) is 5.91 Å². The fourth-order valence-electron chi connectivity index (χ4n) is 1.49. The van der Waals surface area contributed by atoms with Crippen LogP contribution in [0.15, 0.2) is 0 Å². The van der Waals surface area contributed by atoms with Crippen molar-refractivity contribution >= 4 is 11.9 Å². The highest BCUT2D eigenvalue weighted by molar-refractivity contribution is 5.79. The molecule has 1 N–H and O–H groups in total. The Bertz CT molecular complexity index is 229. The Labute approximate surface area is 76.9 Å². The van der Waals surface area contributed by atoms with Crippen LogP contribution >= 0.6 is 0 Å². The molecule has 0 bridgehead atoms. The average molecular weight is 186 g/mol. The molecule has 0 saturated carbocycles. The minimum absolute atomic E-state index is 0.00981. The van der Waals surface area contributed by atoms with Gasteiger partial charge in [0.25, 0.3) is 0 Å². The van der Waals surface area contributed by atoms with Gasteiger partial charge < -0.3 is 5.11 Å². The molecule has 0 aromatic rings. The maximum absolute atomic E-state index is 11.2. The number of hydrogen-bond donors (Lipinski definition) is 1. The monoisotopic (exact) mass is 186 g/mol. The highest BCUT2D eigenvalue weighted by atomic mass is 16.4. The summed E-state index contributed by atoms with van der Waals surface area (Å²) in [5.41, 5.74) is 0. The van der Waals surface area contributed by atoms with Crippen molar-refractivity contribution in [2.75, 3.05) is 13.1 Å². The first-order valence-electron chi connectivity index (χ1n) is 4.37. The van der Waals surface area contributed by atoms with Crippen LogP contribution in [0.4, 0.5) is 0 Å². The Morgan fingerprint density at radius 2 is 2.31 bits per heavy atom. The van der Waals surface area contributed by atoms with Crippen LogP contribution < -0.4 is 0 Å². The van der Waals surface area contributed by atoms with Crippen LogP contribution in [0.3, 0.4) is 0 Å². The van der Waals surface area contributed by atoms with Gasteiger partial charge in [0.15, 0.2) is 0 Å². The second-order valence-corrected chi connectivity index (χ2v) is 3.04. The predicted octanol–water partition coefficient (Wildman–Crippen LogP) is -0.0713. The van der Waals surface area contributed by atoms with Crippen LogP contribution in [-0.2, 0) is 9.59 Å². The molecule has 1 heterocycles. The van der Waals surface area contributed by atoms with E-state index in [2.05, 4.69) is 0 Å². The summed E-state index contributed by atoms with van der Waals surface area (Å²) < 4.78 is 0. The molecule has 74 valence electrons. The van der Waals surface area contributed by atoms with Crippen LogP contribution in [-0.4, -0.2) is 46.1 Å². The van der Waals surface area contributed by atoms with Crippen LogP contribution in [0.1, 0.15) is 20.3 Å². The maximum atomic E-state index is 11.2. The smallest absolute Gasteiger partial charge is 0.322 e. The van der Waals surface area contributed by atoms with E-state index in [0.29, 0.717) is 19.5 Å². The molecular formula is C8H14N2O3. The largest absolute Gasteiger partial charge is 0.480 e. The number of carbonyl (C=O) groups is 2. The summed E-state index contributed by atoms with van der Waals surface area (Å²) in [6.07, 6.45) is 0.422. The standard InChI is InChI=1S/C8H14N2O3/c1-3-9-7(11)4-5-10(9)6(2)8(12)13/h6H,3-5H2,1-2H3,(H,12,13). The van der Waals surface area contributed by atoms with Crippen LogP contribution in [0, 0.1) is 0 Å². The van der Waals surface area contributed by atoms with Gasteiger partial charge >= 0.3 is 5.97 Å². The summed E-state index contributed by atoms with van der Waals surface area (Å²) in [6, 6.07) is -0.619. The number of nitrogens with zero attached hydrogens (tertiary/aromatic N) is 2. The van der Waals surface area contributed by atoms with Crippen molar-refractivity contribution in [1.82, 2.24) is 10.0 Å². The number of hydrazine groups is 1. The van der Waals surface area contributed by atoms with E-state index in [-0.39, 0.29) is 5.91 Å². The molecule has 0 aromatic heterocycles. The Hall–Kier alpha value is -1.10. The van der Waals surface area contributed by atoms with Gasteiger partial charge in [-0.2, -0.15) is 0 Å². The quantitative estimate of drug-likeness (QED) is 0.670. The van der Waals surface area contributed by atoms with Gasteiger partial charge in [0.05, 0.1) is 0 Å². The lowest BCUT2D eigenvalue weighted by Crippen LogP contribution is -2.47. The van der Waals surface area contributed by atoms with Gasteiger partial charge in [0, 0.05) is 19.5 Å². The molecule has 0 radical (unpaired) electrons. The van der Waals surface area contributed by atoms with Crippen LogP contribution in [0.2, 0.25) is 0 Å². The zero-order chi connectivity index (χ0) is 10.0. The van der Waals surface area contributed by atoms with Crippen molar-refractivity contribution < 1.29 is 14.7 Å². The Morgan fingerprint density at radius 3 is 2.77 bits per heavy atom. The average Bonchev–Trinajstić information content (AvgIpc) is 2.45. The third kappa shape index (κ3) is 1.80. The van der Waals surface area contributed by atoms with Crippen molar-refractivity contribution in [1.29, 1.82) is 0 Å². The summed E-state index contributed by atoms with van der Waals surface area (Å²) in [5, 5.41) is 11.9. The van der Waals surface area contributed by atoms with Gasteiger partial charge in [-0.3, -0.25) is 14.6 Å². The van der Waals surface area contributed by atoms with Gasteiger partial charge in [-0.1, -0.05) is 0 Å². The summed E-state index contributed by atoms with van der Waals surface area (Å²) in [4.78, 5) is 21.9. The summed E-state index contributed by atoms with van der Waals surface area (Å²) in [7, 11) is 0. The Kier molecular flexibility index (Phi) is 2.87. The lowest BCUT2D eigenvalue weighted by molar-refractivity contribution is -0.153. The SMILES string of the molecule is CCN1C(=O)CCN1C(C)C(=O)O. The van der Waals surface area contributed by atoms with Crippen molar-refractivity contribution in [3.8, 4) is 0 Å². The molecule has 1 atom stereocenters. The van der Waals surface area contributed by atoms with Crippen molar-refractivity contribution in [2.24, 2.45) is 0 Å². The topological polar surface area (TPSA) is 60.9 Å². The first-order valence-corrected chi connectivity index (χ1v) is 4.37. The van der Waals surface area contributed by atoms with Crippen LogP contribution in [0.25, 0.3) is 0 Å². The molecule has 1 saturated heterocycles. The molecular weight excluding hydrogens is 172 g/mol. The van der Waals surface area contributed by atoms with Gasteiger partial charge in [-0.15, -0.1) is 0 Å². The third-order valence-electron chi connectivity index (χ3n) is 2.26. The first kappa shape index (κ1) is 9.98. The number of carbonyl (C=O) groups excluding carboxylic acids is 1. The van der Waals surface area contributed by atoms with Gasteiger partial charge in [-0.25, -0.2) is 5.01 Å². The minimum Gasteiger partial charge on any atom is -0.480 e. The summed E-state index contributed by atoms with van der Waals surface area (Å²) >= 11 is 0. The minimum atomic E-state index is -0.895. The van der Waals surface area contributed by atoms with Crippen molar-refractivity contribution in [2.45, 2.75) is 26.3 Å². The fraction of sp³-hybridized carbons (Fsp3) is 0.750. The molecule has 0 aliphatic carbocycles. The number of carboxylic acid groups (broad SMARTS) is 1. The van der Waals surface area contributed by atoms with Gasteiger partial charge in [0.1, 0.15) is 6.04 Å². The van der Waals surface area contributed by atoms with E-state index in [9.17, 15) is 9.59 Å².